The van der Waals surface area contributed by atoms with E-state index in [0.717, 1.165) is 44.6 Å². The summed E-state index contributed by atoms with van der Waals surface area (Å²) < 4.78 is 6.55. The lowest BCUT2D eigenvalue weighted by Gasteiger charge is -2.49. The molecule has 2 saturated heterocycles. The maximum atomic E-state index is 13.1. The lowest BCUT2D eigenvalue weighted by molar-refractivity contribution is -0.188. The van der Waals surface area contributed by atoms with Crippen LogP contribution in [0.1, 0.15) is 28.2 Å². The third-order valence-corrected chi connectivity index (χ3v) is 7.27. The molecule has 30 heavy (non-hydrogen) atoms. The highest BCUT2D eigenvalue weighted by Crippen LogP contribution is 2.33. The van der Waals surface area contributed by atoms with Gasteiger partial charge in [0.1, 0.15) is 6.10 Å². The van der Waals surface area contributed by atoms with E-state index >= 15 is 0 Å². The van der Waals surface area contributed by atoms with Crippen LogP contribution in [0.4, 0.5) is 0 Å². The maximum Gasteiger partial charge on any atom is 0.253 e. The molecule has 1 aromatic carbocycles. The maximum absolute atomic E-state index is 13.1. The molecule has 1 aromatic heterocycles. The van der Waals surface area contributed by atoms with Gasteiger partial charge in [0.05, 0.1) is 5.60 Å². The molecule has 5 nitrogen and oxygen atoms in total. The number of hydrogen-bond acceptors (Lipinski definition) is 5. The van der Waals surface area contributed by atoms with Crippen molar-refractivity contribution in [2.24, 2.45) is 0 Å². The summed E-state index contributed by atoms with van der Waals surface area (Å²) in [6, 6.07) is 14.6. The van der Waals surface area contributed by atoms with Gasteiger partial charge in [0.15, 0.2) is 0 Å². The van der Waals surface area contributed by atoms with E-state index < -0.39 is 0 Å². The number of ether oxygens (including phenoxy) is 1. The average molecular weight is 428 g/mol. The van der Waals surface area contributed by atoms with Gasteiger partial charge in [-0.3, -0.25) is 9.69 Å². The Kier molecular flexibility index (Phi) is 6.58. The van der Waals surface area contributed by atoms with Gasteiger partial charge < -0.3 is 14.5 Å². The van der Waals surface area contributed by atoms with Crippen LogP contribution in [0.5, 0.6) is 0 Å². The molecular weight excluding hydrogens is 394 g/mol. The van der Waals surface area contributed by atoms with Gasteiger partial charge in [0.2, 0.25) is 0 Å². The van der Waals surface area contributed by atoms with Crippen LogP contribution in [-0.4, -0.2) is 72.6 Å². The zero-order valence-electron chi connectivity index (χ0n) is 18.3. The fraction of sp³-hybridized carbons (Fsp3) is 0.542. The van der Waals surface area contributed by atoms with Crippen LogP contribution in [0.3, 0.4) is 0 Å². The van der Waals surface area contributed by atoms with E-state index in [2.05, 4.69) is 48.0 Å². The zero-order chi connectivity index (χ0) is 21.1. The summed E-state index contributed by atoms with van der Waals surface area (Å²) in [5, 5.41) is 0. The van der Waals surface area contributed by atoms with Crippen LogP contribution in [0.15, 0.2) is 42.5 Å². The first-order chi connectivity index (χ1) is 14.4. The van der Waals surface area contributed by atoms with Gasteiger partial charge in [0.25, 0.3) is 5.91 Å². The fourth-order valence-corrected chi connectivity index (χ4v) is 5.64. The summed E-state index contributed by atoms with van der Waals surface area (Å²) >= 11 is 1.89. The summed E-state index contributed by atoms with van der Waals surface area (Å²) in [6.45, 7) is 7.41. The summed E-state index contributed by atoms with van der Waals surface area (Å²) in [4.78, 5) is 22.6. The molecular formula is C24H33N3O2S. The van der Waals surface area contributed by atoms with Crippen LogP contribution >= 0.6 is 11.3 Å². The van der Waals surface area contributed by atoms with E-state index in [-0.39, 0.29) is 17.6 Å². The number of benzene rings is 1. The van der Waals surface area contributed by atoms with Crippen molar-refractivity contribution in [3.8, 4) is 0 Å². The van der Waals surface area contributed by atoms with Gasteiger partial charge in [-0.05, 0) is 44.5 Å². The number of carbonyl (C=O) groups excluding carboxylic acids is 1. The van der Waals surface area contributed by atoms with Crippen molar-refractivity contribution in [3.63, 3.8) is 0 Å². The number of thiophene rings is 1. The molecule has 2 aliphatic rings. The Bertz CT molecular complexity index is 845. The van der Waals surface area contributed by atoms with E-state index in [9.17, 15) is 4.79 Å². The Labute approximate surface area is 184 Å². The molecule has 2 aliphatic heterocycles. The normalized spacial score (nSPS) is 22.3. The highest BCUT2D eigenvalue weighted by Gasteiger charge is 2.44. The second-order valence-electron chi connectivity index (χ2n) is 8.95. The van der Waals surface area contributed by atoms with Crippen molar-refractivity contribution in [1.29, 1.82) is 0 Å². The quantitative estimate of drug-likeness (QED) is 0.733. The molecule has 1 amide bonds. The Morgan fingerprint density at radius 1 is 1.20 bits per heavy atom. The summed E-state index contributed by atoms with van der Waals surface area (Å²) in [5.41, 5.74) is 0.937. The molecule has 3 heterocycles. The number of hydrogen-bond donors (Lipinski definition) is 0. The van der Waals surface area contributed by atoms with E-state index in [4.69, 9.17) is 4.74 Å². The predicted octanol–water partition coefficient (Wildman–Crippen LogP) is 3.38. The molecule has 1 spiro atoms. The number of piperidine rings is 1. The van der Waals surface area contributed by atoms with Gasteiger partial charge in [-0.25, -0.2) is 0 Å². The van der Waals surface area contributed by atoms with Crippen molar-refractivity contribution < 1.29 is 9.53 Å². The number of aryl methyl sites for hydroxylation is 1. The molecule has 0 saturated carbocycles. The van der Waals surface area contributed by atoms with Crippen LogP contribution in [0.25, 0.3) is 0 Å². The number of rotatable bonds is 5. The number of carbonyl (C=O) groups is 1. The monoisotopic (exact) mass is 427 g/mol. The van der Waals surface area contributed by atoms with Crippen LogP contribution in [0, 0.1) is 6.92 Å². The van der Waals surface area contributed by atoms with Gasteiger partial charge in [0, 0.05) is 56.1 Å². The standard InChI is InChI=1S/C24H33N3O2S/c1-19-9-10-21(30-19)16-27-13-11-24(12-14-27)18-25(2)17-22(29-24)23(28)26(3)15-20-7-5-4-6-8-20/h4-10,22H,11-18H2,1-3H3. The third kappa shape index (κ3) is 5.11. The van der Waals surface area contributed by atoms with Crippen molar-refractivity contribution >= 4 is 17.2 Å². The zero-order valence-corrected chi connectivity index (χ0v) is 19.2. The van der Waals surface area contributed by atoms with Crippen molar-refractivity contribution in [2.75, 3.05) is 40.3 Å². The van der Waals surface area contributed by atoms with E-state index in [1.165, 1.54) is 9.75 Å². The Morgan fingerprint density at radius 3 is 2.60 bits per heavy atom. The van der Waals surface area contributed by atoms with Crippen molar-refractivity contribution in [3.05, 3.63) is 57.8 Å². The predicted molar refractivity (Wildman–Crippen MR) is 122 cm³/mol. The van der Waals surface area contributed by atoms with Crippen molar-refractivity contribution in [2.45, 2.75) is 44.6 Å². The average Bonchev–Trinajstić information content (AvgIpc) is 3.14. The van der Waals surface area contributed by atoms with E-state index in [1.807, 2.05) is 36.6 Å². The van der Waals surface area contributed by atoms with Gasteiger partial charge in [-0.15, -0.1) is 11.3 Å². The first kappa shape index (κ1) is 21.5. The van der Waals surface area contributed by atoms with Crippen LogP contribution in [-0.2, 0) is 22.6 Å². The molecule has 6 heteroatoms. The SMILES string of the molecule is Cc1ccc(CN2CCC3(CC2)CN(C)CC(C(=O)N(C)Cc2ccccc2)O3)s1. The molecule has 0 N–H and O–H groups in total. The van der Waals surface area contributed by atoms with Crippen LogP contribution in [0.2, 0.25) is 0 Å². The van der Waals surface area contributed by atoms with Gasteiger partial charge in [-0.1, -0.05) is 30.3 Å². The van der Waals surface area contributed by atoms with Gasteiger partial charge in [-0.2, -0.15) is 0 Å². The van der Waals surface area contributed by atoms with E-state index in [1.54, 1.807) is 4.90 Å². The molecule has 2 aromatic rings. The number of likely N-dealkylation sites (tertiary alicyclic amines) is 1. The van der Waals surface area contributed by atoms with E-state index in [0.29, 0.717) is 13.1 Å². The lowest BCUT2D eigenvalue weighted by atomic mass is 9.88. The molecule has 0 bridgehead atoms. The van der Waals surface area contributed by atoms with Crippen LogP contribution < -0.4 is 0 Å². The Balaban J connectivity index is 1.35. The Hall–Kier alpha value is -1.73. The Morgan fingerprint density at radius 2 is 1.93 bits per heavy atom. The number of amides is 1. The van der Waals surface area contributed by atoms with Crippen molar-refractivity contribution in [1.82, 2.24) is 14.7 Å². The molecule has 0 aliphatic carbocycles. The number of nitrogens with zero attached hydrogens (tertiary/aromatic N) is 3. The summed E-state index contributed by atoms with van der Waals surface area (Å²) in [5.74, 6) is 0.0845. The highest BCUT2D eigenvalue weighted by molar-refractivity contribution is 7.11. The number of likely N-dealkylation sites (N-methyl/N-ethyl adjacent to an activating group) is 2. The molecule has 4 rings (SSSR count). The minimum absolute atomic E-state index is 0.0845. The highest BCUT2D eigenvalue weighted by atomic mass is 32.1. The third-order valence-electron chi connectivity index (χ3n) is 6.28. The summed E-state index contributed by atoms with van der Waals surface area (Å²) in [7, 11) is 3.99. The lowest BCUT2D eigenvalue weighted by Crippen LogP contribution is -2.61. The second kappa shape index (κ2) is 9.18. The largest absolute Gasteiger partial charge is 0.359 e. The minimum Gasteiger partial charge on any atom is -0.359 e. The topological polar surface area (TPSA) is 36.0 Å². The first-order valence-electron chi connectivity index (χ1n) is 10.9. The minimum atomic E-state index is -0.385. The molecule has 1 atom stereocenters. The number of morpholine rings is 1. The second-order valence-corrected chi connectivity index (χ2v) is 10.3. The fourth-order valence-electron chi connectivity index (χ4n) is 4.71. The molecule has 162 valence electrons. The molecule has 0 radical (unpaired) electrons. The molecule has 2 fully saturated rings. The summed E-state index contributed by atoms with van der Waals surface area (Å²) in [6.07, 6.45) is 1.57. The van der Waals surface area contributed by atoms with Gasteiger partial charge >= 0.3 is 0 Å². The smallest absolute Gasteiger partial charge is 0.253 e. The first-order valence-corrected chi connectivity index (χ1v) is 11.7. The molecule has 1 unspecified atom stereocenters.